The van der Waals surface area contributed by atoms with E-state index in [1.54, 1.807) is 0 Å². The van der Waals surface area contributed by atoms with Gasteiger partial charge >= 0.3 is 0 Å². The normalized spacial score (nSPS) is 25.8. The van der Waals surface area contributed by atoms with Crippen LogP contribution in [0.15, 0.2) is 12.5 Å². The first kappa shape index (κ1) is 12.2. The lowest BCUT2D eigenvalue weighted by Crippen LogP contribution is -2.36. The van der Waals surface area contributed by atoms with E-state index in [-0.39, 0.29) is 5.54 Å². The second-order valence-corrected chi connectivity index (χ2v) is 6.23. The van der Waals surface area contributed by atoms with Crippen LogP contribution in [0.2, 0.25) is 0 Å². The quantitative estimate of drug-likeness (QED) is 0.881. The molecule has 0 spiro atoms. The highest BCUT2D eigenvalue weighted by molar-refractivity contribution is 5.13. The van der Waals surface area contributed by atoms with Crippen LogP contribution in [0.5, 0.6) is 0 Å². The van der Waals surface area contributed by atoms with E-state index in [2.05, 4.69) is 33.6 Å². The van der Waals surface area contributed by atoms with Crippen molar-refractivity contribution in [1.82, 2.24) is 19.8 Å². The summed E-state index contributed by atoms with van der Waals surface area (Å²) in [5.74, 6) is 0. The molecule has 1 saturated heterocycles. The summed E-state index contributed by atoms with van der Waals surface area (Å²) in [4.78, 5) is 7.02. The first-order valence-corrected chi connectivity index (χ1v) is 7.07. The molecule has 2 heterocycles. The maximum atomic E-state index is 4.37. The van der Waals surface area contributed by atoms with Gasteiger partial charge in [-0.25, -0.2) is 4.98 Å². The van der Waals surface area contributed by atoms with E-state index < -0.39 is 0 Å². The fraction of sp³-hybridized carbons (Fsp3) is 0.786. The van der Waals surface area contributed by atoms with Crippen LogP contribution in [-0.2, 0) is 5.54 Å². The molecule has 1 unspecified atom stereocenters. The van der Waals surface area contributed by atoms with Crippen molar-refractivity contribution in [3.05, 3.63) is 18.2 Å². The molecule has 1 aromatic heterocycles. The number of likely N-dealkylation sites (tertiary alicyclic amines) is 1. The first-order chi connectivity index (χ1) is 8.62. The van der Waals surface area contributed by atoms with Crippen LogP contribution < -0.4 is 5.32 Å². The van der Waals surface area contributed by atoms with Crippen LogP contribution in [0, 0.1) is 0 Å². The third-order valence-electron chi connectivity index (χ3n) is 4.58. The van der Waals surface area contributed by atoms with Crippen molar-refractivity contribution in [2.24, 2.45) is 0 Å². The zero-order valence-electron chi connectivity index (χ0n) is 11.7. The molecular formula is C14H24N4. The third kappa shape index (κ3) is 2.08. The molecule has 1 N–H and O–H groups in total. The summed E-state index contributed by atoms with van der Waals surface area (Å²) in [6.07, 6.45) is 8.10. The molecule has 1 saturated carbocycles. The first-order valence-electron chi connectivity index (χ1n) is 7.07. The highest BCUT2D eigenvalue weighted by Gasteiger charge is 2.36. The van der Waals surface area contributed by atoms with Crippen LogP contribution in [0.3, 0.4) is 0 Å². The Morgan fingerprint density at radius 1 is 1.28 bits per heavy atom. The summed E-state index contributed by atoms with van der Waals surface area (Å²) >= 11 is 0. The predicted molar refractivity (Wildman–Crippen MR) is 72.6 cm³/mol. The van der Waals surface area contributed by atoms with E-state index in [9.17, 15) is 0 Å². The minimum atomic E-state index is -0.0104. The molecule has 1 aliphatic carbocycles. The lowest BCUT2D eigenvalue weighted by atomic mass is 10.0. The van der Waals surface area contributed by atoms with Gasteiger partial charge in [0.2, 0.25) is 0 Å². The molecule has 3 rings (SSSR count). The number of nitrogens with one attached hydrogen (secondary N) is 1. The van der Waals surface area contributed by atoms with Crippen molar-refractivity contribution in [3.63, 3.8) is 0 Å². The number of imidazole rings is 1. The molecule has 1 atom stereocenters. The Labute approximate surface area is 109 Å². The fourth-order valence-electron chi connectivity index (χ4n) is 2.97. The lowest BCUT2D eigenvalue weighted by Gasteiger charge is -2.28. The monoisotopic (exact) mass is 248 g/mol. The van der Waals surface area contributed by atoms with Gasteiger partial charge in [0.05, 0.1) is 23.8 Å². The molecule has 1 aliphatic heterocycles. The van der Waals surface area contributed by atoms with E-state index in [1.165, 1.54) is 38.0 Å². The van der Waals surface area contributed by atoms with Crippen molar-refractivity contribution >= 4 is 0 Å². The Balaban J connectivity index is 1.78. The summed E-state index contributed by atoms with van der Waals surface area (Å²) in [5.41, 5.74) is 1.29. The maximum absolute atomic E-state index is 4.37. The molecule has 0 amide bonds. The molecule has 0 bridgehead atoms. The Bertz CT molecular complexity index is 419. The van der Waals surface area contributed by atoms with Gasteiger partial charge in [-0.05, 0) is 40.2 Å². The standard InChI is InChI=1S/C14H24N4/c1-14(2,15-3)13-8-16-10-18(13)12-6-7-17(9-12)11-4-5-11/h8,10-12,15H,4-7,9H2,1-3H3. The van der Waals surface area contributed by atoms with E-state index in [0.717, 1.165) is 6.04 Å². The van der Waals surface area contributed by atoms with Gasteiger partial charge in [-0.2, -0.15) is 0 Å². The molecule has 4 heteroatoms. The van der Waals surface area contributed by atoms with Gasteiger partial charge in [0.25, 0.3) is 0 Å². The van der Waals surface area contributed by atoms with Crippen molar-refractivity contribution in [2.45, 2.75) is 50.7 Å². The Hall–Kier alpha value is -0.870. The average molecular weight is 248 g/mol. The Morgan fingerprint density at radius 3 is 2.72 bits per heavy atom. The second-order valence-electron chi connectivity index (χ2n) is 6.23. The minimum Gasteiger partial charge on any atom is -0.328 e. The van der Waals surface area contributed by atoms with E-state index >= 15 is 0 Å². The molecule has 2 fully saturated rings. The van der Waals surface area contributed by atoms with Crippen molar-refractivity contribution in [2.75, 3.05) is 20.1 Å². The van der Waals surface area contributed by atoms with E-state index in [4.69, 9.17) is 0 Å². The number of hydrogen-bond donors (Lipinski definition) is 1. The van der Waals surface area contributed by atoms with Gasteiger partial charge in [0.1, 0.15) is 0 Å². The van der Waals surface area contributed by atoms with E-state index in [0.29, 0.717) is 6.04 Å². The van der Waals surface area contributed by atoms with Crippen LogP contribution in [-0.4, -0.2) is 40.6 Å². The van der Waals surface area contributed by atoms with Crippen LogP contribution >= 0.6 is 0 Å². The number of rotatable bonds is 4. The summed E-state index contributed by atoms with van der Waals surface area (Å²) < 4.78 is 2.39. The van der Waals surface area contributed by atoms with Gasteiger partial charge in [0, 0.05) is 25.2 Å². The number of aromatic nitrogens is 2. The topological polar surface area (TPSA) is 33.1 Å². The smallest absolute Gasteiger partial charge is 0.0951 e. The Morgan fingerprint density at radius 2 is 2.06 bits per heavy atom. The highest BCUT2D eigenvalue weighted by atomic mass is 15.3. The van der Waals surface area contributed by atoms with Gasteiger partial charge in [0.15, 0.2) is 0 Å². The minimum absolute atomic E-state index is 0.0104. The molecule has 18 heavy (non-hydrogen) atoms. The summed E-state index contributed by atoms with van der Waals surface area (Å²) in [7, 11) is 2.02. The number of nitrogens with zero attached hydrogens (tertiary/aromatic N) is 3. The van der Waals surface area contributed by atoms with Gasteiger partial charge in [-0.15, -0.1) is 0 Å². The Kier molecular flexibility index (Phi) is 2.94. The lowest BCUT2D eigenvalue weighted by molar-refractivity contribution is 0.307. The molecule has 0 radical (unpaired) electrons. The molecular weight excluding hydrogens is 224 g/mol. The SMILES string of the molecule is CNC(C)(C)c1cncn1C1CCN(C2CC2)C1. The molecule has 0 aromatic carbocycles. The van der Waals surface area contributed by atoms with Crippen LogP contribution in [0.4, 0.5) is 0 Å². The summed E-state index contributed by atoms with van der Waals surface area (Å²) in [6.45, 7) is 6.89. The van der Waals surface area contributed by atoms with Gasteiger partial charge < -0.3 is 9.88 Å². The van der Waals surface area contributed by atoms with Gasteiger partial charge in [-0.3, -0.25) is 4.90 Å². The molecule has 100 valence electrons. The zero-order valence-corrected chi connectivity index (χ0v) is 11.7. The maximum Gasteiger partial charge on any atom is 0.0951 e. The second kappa shape index (κ2) is 4.35. The molecule has 1 aromatic rings. The highest BCUT2D eigenvalue weighted by Crippen LogP contribution is 2.34. The van der Waals surface area contributed by atoms with Crippen molar-refractivity contribution < 1.29 is 0 Å². The van der Waals surface area contributed by atoms with Crippen LogP contribution in [0.1, 0.15) is 44.8 Å². The zero-order chi connectivity index (χ0) is 12.8. The van der Waals surface area contributed by atoms with Crippen LogP contribution in [0.25, 0.3) is 0 Å². The summed E-state index contributed by atoms with van der Waals surface area (Å²) in [6, 6.07) is 1.50. The molecule has 2 aliphatic rings. The third-order valence-corrected chi connectivity index (χ3v) is 4.58. The largest absolute Gasteiger partial charge is 0.328 e. The van der Waals surface area contributed by atoms with Crippen molar-refractivity contribution in [3.8, 4) is 0 Å². The average Bonchev–Trinajstić information content (AvgIpc) is 2.92. The van der Waals surface area contributed by atoms with Crippen molar-refractivity contribution in [1.29, 1.82) is 0 Å². The molecule has 4 nitrogen and oxygen atoms in total. The van der Waals surface area contributed by atoms with E-state index in [1.807, 2.05) is 19.6 Å². The predicted octanol–water partition coefficient (Wildman–Crippen LogP) is 1.75. The fourth-order valence-corrected chi connectivity index (χ4v) is 2.97. The number of hydrogen-bond acceptors (Lipinski definition) is 3. The van der Waals surface area contributed by atoms with Gasteiger partial charge in [-0.1, -0.05) is 0 Å². The summed E-state index contributed by atoms with van der Waals surface area (Å²) in [5, 5.41) is 3.38.